The van der Waals surface area contributed by atoms with Crippen LogP contribution in [0.15, 0.2) is 18.2 Å². The van der Waals surface area contributed by atoms with E-state index < -0.39 is 11.9 Å². The van der Waals surface area contributed by atoms with Crippen molar-refractivity contribution in [1.29, 1.82) is 0 Å². The third-order valence-electron chi connectivity index (χ3n) is 2.43. The quantitative estimate of drug-likeness (QED) is 0.770. The zero-order chi connectivity index (χ0) is 12.1. The predicted octanol–water partition coefficient (Wildman–Crippen LogP) is 1.98. The summed E-state index contributed by atoms with van der Waals surface area (Å²) in [6.45, 7) is 1.64. The number of rotatable bonds is 5. The first-order valence-corrected chi connectivity index (χ1v) is 4.97. The Kier molecular flexibility index (Phi) is 4.43. The topological polar surface area (TPSA) is 35.5 Å². The van der Waals surface area contributed by atoms with Gasteiger partial charge in [0, 0.05) is 13.5 Å². The van der Waals surface area contributed by atoms with Crippen LogP contribution in [0.2, 0.25) is 0 Å². The molecule has 1 rings (SSSR count). The van der Waals surface area contributed by atoms with Gasteiger partial charge in [-0.25, -0.2) is 4.39 Å². The van der Waals surface area contributed by atoms with Crippen LogP contribution in [-0.2, 0) is 16.0 Å². The van der Waals surface area contributed by atoms with E-state index in [9.17, 15) is 9.18 Å². The molecule has 4 heteroatoms. The van der Waals surface area contributed by atoms with Gasteiger partial charge in [-0.3, -0.25) is 4.79 Å². The van der Waals surface area contributed by atoms with E-state index in [0.29, 0.717) is 5.56 Å². The maximum Gasteiger partial charge on any atom is 0.168 e. The Labute approximate surface area is 94.2 Å². The molecule has 1 aromatic rings. The molecule has 0 saturated carbocycles. The zero-order valence-corrected chi connectivity index (χ0v) is 9.62. The van der Waals surface area contributed by atoms with Crippen molar-refractivity contribution in [2.75, 3.05) is 14.2 Å². The third kappa shape index (κ3) is 2.79. The lowest BCUT2D eigenvalue weighted by Gasteiger charge is -2.10. The van der Waals surface area contributed by atoms with Crippen LogP contribution < -0.4 is 4.74 Å². The summed E-state index contributed by atoms with van der Waals surface area (Å²) in [5, 5.41) is 0. The largest absolute Gasteiger partial charge is 0.494 e. The van der Waals surface area contributed by atoms with Gasteiger partial charge in [-0.05, 0) is 18.6 Å². The molecule has 0 radical (unpaired) electrons. The average Bonchev–Trinajstić information content (AvgIpc) is 2.30. The molecule has 1 unspecified atom stereocenters. The minimum absolute atomic E-state index is 0.0119. The number of ether oxygens (including phenoxy) is 2. The van der Waals surface area contributed by atoms with E-state index in [1.54, 1.807) is 19.1 Å². The highest BCUT2D eigenvalue weighted by Crippen LogP contribution is 2.20. The number of Topliss-reactive ketones (excluding diaryl/α,β-unsaturated/α-hetero) is 1. The summed E-state index contributed by atoms with van der Waals surface area (Å²) in [4.78, 5) is 11.6. The van der Waals surface area contributed by atoms with Crippen LogP contribution in [0.25, 0.3) is 0 Å². The fourth-order valence-electron chi connectivity index (χ4n) is 1.31. The number of methoxy groups -OCH3 is 2. The predicted molar refractivity (Wildman–Crippen MR) is 58.1 cm³/mol. The summed E-state index contributed by atoms with van der Waals surface area (Å²) >= 11 is 0. The average molecular weight is 226 g/mol. The van der Waals surface area contributed by atoms with Crippen molar-refractivity contribution in [3.8, 4) is 5.75 Å². The standard InChI is InChI=1S/C12H15FO3/c1-8(15-2)10(14)7-9-5-4-6-11(16-3)12(9)13/h4-6,8H,7H2,1-3H3. The molecule has 0 aromatic heterocycles. The van der Waals surface area contributed by atoms with E-state index in [4.69, 9.17) is 9.47 Å². The number of carbonyl (C=O) groups is 1. The number of ketones is 1. The molecule has 0 N–H and O–H groups in total. The Hall–Kier alpha value is -1.42. The van der Waals surface area contributed by atoms with Gasteiger partial charge in [-0.1, -0.05) is 12.1 Å². The molecule has 16 heavy (non-hydrogen) atoms. The molecule has 1 aromatic carbocycles. The van der Waals surface area contributed by atoms with Crippen LogP contribution in [0, 0.1) is 5.82 Å². The first kappa shape index (κ1) is 12.6. The molecule has 0 fully saturated rings. The SMILES string of the molecule is COc1cccc(CC(=O)C(C)OC)c1F. The summed E-state index contributed by atoms with van der Waals surface area (Å²) in [5.41, 5.74) is 0.327. The molecule has 88 valence electrons. The van der Waals surface area contributed by atoms with Crippen molar-refractivity contribution in [2.45, 2.75) is 19.4 Å². The summed E-state index contributed by atoms with van der Waals surface area (Å²) in [7, 11) is 2.84. The zero-order valence-electron chi connectivity index (χ0n) is 9.62. The van der Waals surface area contributed by atoms with Crippen molar-refractivity contribution in [1.82, 2.24) is 0 Å². The highest BCUT2D eigenvalue weighted by Gasteiger charge is 2.16. The van der Waals surface area contributed by atoms with Gasteiger partial charge in [-0.2, -0.15) is 0 Å². The first-order chi connectivity index (χ1) is 7.60. The molecular formula is C12H15FO3. The Balaban J connectivity index is 2.85. The van der Waals surface area contributed by atoms with E-state index in [1.807, 2.05) is 0 Å². The minimum Gasteiger partial charge on any atom is -0.494 e. The number of benzene rings is 1. The Bertz CT molecular complexity index is 377. The molecule has 0 aliphatic carbocycles. The van der Waals surface area contributed by atoms with Gasteiger partial charge >= 0.3 is 0 Å². The highest BCUT2D eigenvalue weighted by atomic mass is 19.1. The van der Waals surface area contributed by atoms with Crippen molar-refractivity contribution < 1.29 is 18.7 Å². The molecule has 0 amide bonds. The van der Waals surface area contributed by atoms with Gasteiger partial charge in [0.25, 0.3) is 0 Å². The third-order valence-corrected chi connectivity index (χ3v) is 2.43. The molecule has 1 atom stereocenters. The number of carbonyl (C=O) groups excluding carboxylic acids is 1. The second kappa shape index (κ2) is 5.61. The van der Waals surface area contributed by atoms with E-state index in [-0.39, 0.29) is 18.0 Å². The fourth-order valence-corrected chi connectivity index (χ4v) is 1.31. The lowest BCUT2D eigenvalue weighted by atomic mass is 10.1. The van der Waals surface area contributed by atoms with Gasteiger partial charge in [0.05, 0.1) is 7.11 Å². The molecule has 0 bridgehead atoms. The van der Waals surface area contributed by atoms with E-state index >= 15 is 0 Å². The lowest BCUT2D eigenvalue weighted by Crippen LogP contribution is -2.21. The van der Waals surface area contributed by atoms with Crippen molar-refractivity contribution >= 4 is 5.78 Å². The number of hydrogen-bond acceptors (Lipinski definition) is 3. The van der Waals surface area contributed by atoms with Crippen LogP contribution in [0.1, 0.15) is 12.5 Å². The van der Waals surface area contributed by atoms with Crippen molar-refractivity contribution in [3.63, 3.8) is 0 Å². The van der Waals surface area contributed by atoms with Gasteiger partial charge in [0.15, 0.2) is 17.3 Å². The summed E-state index contributed by atoms with van der Waals surface area (Å²) < 4.78 is 23.4. The van der Waals surface area contributed by atoms with Gasteiger partial charge in [0.2, 0.25) is 0 Å². The Morgan fingerprint density at radius 3 is 2.69 bits per heavy atom. The first-order valence-electron chi connectivity index (χ1n) is 4.97. The van der Waals surface area contributed by atoms with E-state index in [1.165, 1.54) is 20.3 Å². The molecule has 0 saturated heterocycles. The summed E-state index contributed by atoms with van der Waals surface area (Å²) in [5.74, 6) is -0.494. The van der Waals surface area contributed by atoms with E-state index in [0.717, 1.165) is 0 Å². The fraction of sp³-hybridized carbons (Fsp3) is 0.417. The number of hydrogen-bond donors (Lipinski definition) is 0. The monoisotopic (exact) mass is 226 g/mol. The Morgan fingerprint density at radius 2 is 2.12 bits per heavy atom. The normalized spacial score (nSPS) is 12.2. The number of halogens is 1. The summed E-state index contributed by atoms with van der Waals surface area (Å²) in [6, 6.07) is 4.74. The maximum absolute atomic E-state index is 13.7. The van der Waals surface area contributed by atoms with Gasteiger partial charge in [-0.15, -0.1) is 0 Å². The van der Waals surface area contributed by atoms with Crippen LogP contribution in [0.5, 0.6) is 5.75 Å². The van der Waals surface area contributed by atoms with E-state index in [2.05, 4.69) is 0 Å². The minimum atomic E-state index is -0.523. The van der Waals surface area contributed by atoms with Crippen LogP contribution in [-0.4, -0.2) is 26.1 Å². The second-order valence-corrected chi connectivity index (χ2v) is 3.45. The molecule has 0 aliphatic rings. The molecule has 0 heterocycles. The lowest BCUT2D eigenvalue weighted by molar-refractivity contribution is -0.127. The van der Waals surface area contributed by atoms with Crippen LogP contribution in [0.3, 0.4) is 0 Å². The van der Waals surface area contributed by atoms with Crippen molar-refractivity contribution in [3.05, 3.63) is 29.6 Å². The van der Waals surface area contributed by atoms with Gasteiger partial charge in [0.1, 0.15) is 6.10 Å². The highest BCUT2D eigenvalue weighted by molar-refractivity contribution is 5.85. The Morgan fingerprint density at radius 1 is 1.44 bits per heavy atom. The molecule has 0 spiro atoms. The van der Waals surface area contributed by atoms with Gasteiger partial charge < -0.3 is 9.47 Å². The second-order valence-electron chi connectivity index (χ2n) is 3.45. The van der Waals surface area contributed by atoms with Crippen LogP contribution >= 0.6 is 0 Å². The van der Waals surface area contributed by atoms with Crippen LogP contribution in [0.4, 0.5) is 4.39 Å². The molecular weight excluding hydrogens is 211 g/mol. The molecule has 3 nitrogen and oxygen atoms in total. The molecule has 0 aliphatic heterocycles. The smallest absolute Gasteiger partial charge is 0.168 e. The van der Waals surface area contributed by atoms with Crippen molar-refractivity contribution in [2.24, 2.45) is 0 Å². The maximum atomic E-state index is 13.7. The summed E-state index contributed by atoms with van der Waals surface area (Å²) in [6.07, 6.45) is -0.511.